The number of benzene rings is 2. The number of hydrogen-bond donors (Lipinski definition) is 2. The monoisotopic (exact) mass is 582 g/mol. The van der Waals surface area contributed by atoms with Crippen LogP contribution < -0.4 is 10.1 Å². The molecule has 41 heavy (non-hydrogen) atoms. The first-order valence-corrected chi connectivity index (χ1v) is 12.7. The second-order valence-corrected chi connectivity index (χ2v) is 10.7. The fourth-order valence-corrected chi connectivity index (χ4v) is 4.67. The van der Waals surface area contributed by atoms with E-state index in [4.69, 9.17) is 0 Å². The van der Waals surface area contributed by atoms with Crippen LogP contribution in [-0.2, 0) is 25.6 Å². The Balaban J connectivity index is 1.65. The number of nitrogens with one attached hydrogen (secondary N) is 2. The number of carbonyl (C=O) groups excluding carboxylic acids is 2. The van der Waals surface area contributed by atoms with E-state index in [1.54, 1.807) is 23.1 Å². The summed E-state index contributed by atoms with van der Waals surface area (Å²) in [5, 5.41) is 8.23. The van der Waals surface area contributed by atoms with E-state index in [0.717, 1.165) is 11.1 Å². The molecule has 4 rings (SSSR count). The molecule has 7 nitrogen and oxygen atoms in total. The van der Waals surface area contributed by atoms with Gasteiger partial charge < -0.3 is 15.0 Å². The molecule has 0 saturated heterocycles. The number of aromatic nitrogens is 2. The van der Waals surface area contributed by atoms with Crippen molar-refractivity contribution in [3.05, 3.63) is 70.5 Å². The summed E-state index contributed by atoms with van der Waals surface area (Å²) in [6, 6.07) is 9.38. The molecule has 2 heterocycles. The third-order valence-corrected chi connectivity index (χ3v) is 6.45. The van der Waals surface area contributed by atoms with Gasteiger partial charge in [-0.25, -0.2) is 4.79 Å². The molecule has 2 N–H and O–H groups in total. The lowest BCUT2D eigenvalue weighted by molar-refractivity contribution is -0.274. The highest BCUT2D eigenvalue weighted by Gasteiger charge is 2.34. The minimum Gasteiger partial charge on any atom is -0.406 e. The van der Waals surface area contributed by atoms with Crippen molar-refractivity contribution in [1.82, 2.24) is 20.4 Å². The summed E-state index contributed by atoms with van der Waals surface area (Å²) >= 11 is 0. The summed E-state index contributed by atoms with van der Waals surface area (Å²) in [4.78, 5) is 27.2. The number of rotatable bonds is 6. The number of amides is 2. The van der Waals surface area contributed by atoms with E-state index < -0.39 is 29.6 Å². The Morgan fingerprint density at radius 2 is 1.76 bits per heavy atom. The minimum absolute atomic E-state index is 0.142. The number of ether oxygens (including phenoxy) is 1. The van der Waals surface area contributed by atoms with Crippen molar-refractivity contribution >= 4 is 11.8 Å². The van der Waals surface area contributed by atoms with E-state index in [-0.39, 0.29) is 36.9 Å². The van der Waals surface area contributed by atoms with E-state index in [2.05, 4.69) is 15.2 Å². The van der Waals surface area contributed by atoms with Crippen molar-refractivity contribution in [2.45, 2.75) is 64.7 Å². The zero-order valence-corrected chi connectivity index (χ0v) is 22.5. The molecule has 13 heteroatoms. The van der Waals surface area contributed by atoms with E-state index in [1.807, 2.05) is 25.9 Å². The topological polar surface area (TPSA) is 87.3 Å². The number of urea groups is 1. The van der Waals surface area contributed by atoms with Gasteiger partial charge in [0.1, 0.15) is 17.1 Å². The molecule has 220 valence electrons. The van der Waals surface area contributed by atoms with Crippen LogP contribution in [0, 0.1) is 0 Å². The van der Waals surface area contributed by atoms with Crippen molar-refractivity contribution in [1.29, 1.82) is 0 Å². The molecule has 0 atom stereocenters. The average molecular weight is 583 g/mol. The van der Waals surface area contributed by atoms with E-state index in [9.17, 15) is 35.9 Å². The lowest BCUT2D eigenvalue weighted by atomic mass is 9.86. The third kappa shape index (κ3) is 7.59. The van der Waals surface area contributed by atoms with E-state index in [1.165, 1.54) is 18.2 Å². The van der Waals surface area contributed by atoms with Crippen molar-refractivity contribution in [3.63, 3.8) is 0 Å². The van der Waals surface area contributed by atoms with Gasteiger partial charge in [-0.2, -0.15) is 18.3 Å². The van der Waals surface area contributed by atoms with Gasteiger partial charge in [0, 0.05) is 25.0 Å². The highest BCUT2D eigenvalue weighted by molar-refractivity contribution is 5.94. The molecule has 2 amide bonds. The van der Waals surface area contributed by atoms with Crippen LogP contribution in [0.4, 0.5) is 31.1 Å². The first kappa shape index (κ1) is 29.9. The van der Waals surface area contributed by atoms with Crippen molar-refractivity contribution in [2.24, 2.45) is 0 Å². The van der Waals surface area contributed by atoms with Gasteiger partial charge in [0.05, 0.1) is 0 Å². The largest absolute Gasteiger partial charge is 0.573 e. The van der Waals surface area contributed by atoms with Crippen LogP contribution in [0.3, 0.4) is 0 Å². The molecular weight excluding hydrogens is 554 g/mol. The van der Waals surface area contributed by atoms with Crippen LogP contribution in [0.5, 0.6) is 5.75 Å². The van der Waals surface area contributed by atoms with Gasteiger partial charge in [-0.3, -0.25) is 9.89 Å². The molecule has 0 fully saturated rings. The Morgan fingerprint density at radius 1 is 1.02 bits per heavy atom. The van der Waals surface area contributed by atoms with Gasteiger partial charge in [-0.05, 0) is 79.6 Å². The van der Waals surface area contributed by atoms with Crippen LogP contribution >= 0.6 is 0 Å². The SMILES string of the molecule is CC(C)(C)NC(=O)N1CCc2c(-c3cccc(OC(F)(F)F)c3)ccc(CCC(=O)c3cc(C(F)(F)F)[nH]n3)c2C1. The number of nitrogens with zero attached hydrogens (tertiary/aromatic N) is 2. The summed E-state index contributed by atoms with van der Waals surface area (Å²) in [5.74, 6) is -0.970. The lowest BCUT2D eigenvalue weighted by Crippen LogP contribution is -2.50. The summed E-state index contributed by atoms with van der Waals surface area (Å²) < 4.78 is 81.3. The van der Waals surface area contributed by atoms with E-state index >= 15 is 0 Å². The Bertz CT molecular complexity index is 1440. The van der Waals surface area contributed by atoms with E-state index in [0.29, 0.717) is 35.7 Å². The summed E-state index contributed by atoms with van der Waals surface area (Å²) in [7, 11) is 0. The second-order valence-electron chi connectivity index (χ2n) is 10.7. The number of aryl methyl sites for hydroxylation is 1. The van der Waals surface area contributed by atoms with Crippen molar-refractivity contribution in [2.75, 3.05) is 6.54 Å². The number of H-pyrrole nitrogens is 1. The second kappa shape index (κ2) is 11.1. The molecule has 2 aromatic carbocycles. The molecule has 1 aliphatic rings. The normalized spacial score (nSPS) is 14.0. The molecule has 1 aliphatic heterocycles. The van der Waals surface area contributed by atoms with Crippen LogP contribution in [-0.4, -0.2) is 45.4 Å². The van der Waals surface area contributed by atoms with Gasteiger partial charge in [-0.15, -0.1) is 13.2 Å². The Labute approximate surface area is 231 Å². The number of fused-ring (bicyclic) bond motifs is 1. The number of alkyl halides is 6. The third-order valence-electron chi connectivity index (χ3n) is 6.45. The number of carbonyl (C=O) groups is 2. The predicted octanol–water partition coefficient (Wildman–Crippen LogP) is 6.68. The molecule has 1 aromatic heterocycles. The van der Waals surface area contributed by atoms with Crippen LogP contribution in [0.15, 0.2) is 42.5 Å². The van der Waals surface area contributed by atoms with Gasteiger partial charge in [-0.1, -0.05) is 24.3 Å². The van der Waals surface area contributed by atoms with Crippen LogP contribution in [0.1, 0.15) is 60.1 Å². The standard InChI is InChI=1S/C28H28F6N4O3/c1-26(2,3)35-25(40)38-12-11-20-19(17-5-4-6-18(13-17)41-28(32,33)34)9-7-16(21(20)15-38)8-10-23(39)22-14-24(37-36-22)27(29,30)31/h4-7,9,13-14H,8,10-12,15H2,1-3H3,(H,35,40)(H,36,37). The molecular formula is C28H28F6N4O3. The average Bonchev–Trinajstić information content (AvgIpc) is 3.36. The van der Waals surface area contributed by atoms with Crippen molar-refractivity contribution in [3.8, 4) is 16.9 Å². The maximum Gasteiger partial charge on any atom is 0.573 e. The summed E-state index contributed by atoms with van der Waals surface area (Å²) in [6.45, 7) is 6.04. The number of aromatic amines is 1. The molecule has 0 spiro atoms. The first-order chi connectivity index (χ1) is 19.0. The number of hydrogen-bond acceptors (Lipinski definition) is 4. The summed E-state index contributed by atoms with van der Waals surface area (Å²) in [5.41, 5.74) is 1.40. The Kier molecular flexibility index (Phi) is 8.10. The minimum atomic E-state index is -4.86. The maximum atomic E-state index is 12.9. The first-order valence-electron chi connectivity index (χ1n) is 12.7. The zero-order valence-electron chi connectivity index (χ0n) is 22.5. The fourth-order valence-electron chi connectivity index (χ4n) is 4.67. The van der Waals surface area contributed by atoms with Gasteiger partial charge in [0.15, 0.2) is 5.78 Å². The molecule has 0 bridgehead atoms. The maximum absolute atomic E-state index is 12.9. The Hall–Kier alpha value is -4.03. The quantitative estimate of drug-likeness (QED) is 0.251. The highest BCUT2D eigenvalue weighted by Crippen LogP contribution is 2.36. The van der Waals surface area contributed by atoms with Crippen LogP contribution in [0.2, 0.25) is 0 Å². The summed E-state index contributed by atoms with van der Waals surface area (Å²) in [6.07, 6.45) is -9.12. The molecule has 0 unspecified atom stereocenters. The highest BCUT2D eigenvalue weighted by atomic mass is 19.4. The number of ketones is 1. The molecule has 3 aromatic rings. The van der Waals surface area contributed by atoms with Gasteiger partial charge in [0.25, 0.3) is 0 Å². The zero-order chi connectivity index (χ0) is 30.2. The Morgan fingerprint density at radius 3 is 2.39 bits per heavy atom. The number of halogens is 6. The fraction of sp³-hybridized carbons (Fsp3) is 0.393. The number of Topliss-reactive ketones (excluding diaryl/α,β-unsaturated/α-hetero) is 1. The smallest absolute Gasteiger partial charge is 0.406 e. The molecule has 0 aliphatic carbocycles. The molecule has 0 radical (unpaired) electrons. The van der Waals surface area contributed by atoms with Gasteiger partial charge in [0.2, 0.25) is 0 Å². The van der Waals surface area contributed by atoms with Crippen LogP contribution in [0.25, 0.3) is 11.1 Å². The van der Waals surface area contributed by atoms with Gasteiger partial charge >= 0.3 is 18.6 Å². The van der Waals surface area contributed by atoms with Crippen molar-refractivity contribution < 1.29 is 40.7 Å². The molecule has 0 saturated carbocycles. The predicted molar refractivity (Wildman–Crippen MR) is 137 cm³/mol. The lowest BCUT2D eigenvalue weighted by Gasteiger charge is -2.34.